The minimum Gasteiger partial charge on any atom is -0.317 e. The van der Waals surface area contributed by atoms with E-state index in [1.54, 1.807) is 0 Å². The number of fused-ring (bicyclic) bond motifs is 5. The summed E-state index contributed by atoms with van der Waals surface area (Å²) in [5, 5.41) is 3.60. The van der Waals surface area contributed by atoms with Crippen LogP contribution in [0.3, 0.4) is 0 Å². The molecule has 4 fully saturated rings. The summed E-state index contributed by atoms with van der Waals surface area (Å²) < 4.78 is 0. The maximum absolute atomic E-state index is 3.60. The zero-order chi connectivity index (χ0) is 18.7. The van der Waals surface area contributed by atoms with Gasteiger partial charge in [-0.05, 0) is 126 Å². The van der Waals surface area contributed by atoms with E-state index in [2.05, 4.69) is 52.1 Å². The normalized spacial score (nSPS) is 52.3. The molecule has 0 aromatic carbocycles. The third-order valence-electron chi connectivity index (χ3n) is 10.5. The number of hydrogen-bond acceptors (Lipinski definition) is 2. The highest BCUT2D eigenvalue weighted by Gasteiger charge is 2.60. The largest absolute Gasteiger partial charge is 0.317 e. The zero-order valence-corrected chi connectivity index (χ0v) is 18.4. The average molecular weight is 361 g/mol. The maximum atomic E-state index is 3.60. The van der Waals surface area contributed by atoms with E-state index in [4.69, 9.17) is 0 Å². The Hall–Kier alpha value is -0.0800. The Bertz CT molecular complexity index is 516. The quantitative estimate of drug-likeness (QED) is 0.745. The van der Waals surface area contributed by atoms with Crippen molar-refractivity contribution in [1.82, 2.24) is 10.2 Å². The van der Waals surface area contributed by atoms with E-state index in [-0.39, 0.29) is 0 Å². The molecule has 26 heavy (non-hydrogen) atoms. The Morgan fingerprint density at radius 3 is 2.27 bits per heavy atom. The van der Waals surface area contributed by atoms with E-state index in [0.29, 0.717) is 16.9 Å². The highest BCUT2D eigenvalue weighted by Crippen LogP contribution is 2.67. The van der Waals surface area contributed by atoms with Gasteiger partial charge in [-0.2, -0.15) is 0 Å². The number of rotatable bonds is 3. The molecule has 0 aromatic rings. The molecule has 0 heterocycles. The molecule has 0 unspecified atom stereocenters. The fourth-order valence-corrected chi connectivity index (χ4v) is 8.77. The lowest BCUT2D eigenvalue weighted by molar-refractivity contribution is -0.120. The predicted molar refractivity (Wildman–Crippen MR) is 111 cm³/mol. The number of nitrogens with one attached hydrogen (secondary N) is 1. The van der Waals surface area contributed by atoms with E-state index < -0.39 is 0 Å². The summed E-state index contributed by atoms with van der Waals surface area (Å²) in [5.74, 6) is 4.94. The molecule has 2 nitrogen and oxygen atoms in total. The first kappa shape index (κ1) is 19.2. The molecule has 0 aliphatic heterocycles. The molecule has 4 rings (SSSR count). The predicted octanol–water partition coefficient (Wildman–Crippen LogP) is 5.18. The Morgan fingerprint density at radius 2 is 1.58 bits per heavy atom. The van der Waals surface area contributed by atoms with Crippen molar-refractivity contribution >= 4 is 0 Å². The van der Waals surface area contributed by atoms with Crippen molar-refractivity contribution in [2.75, 3.05) is 21.1 Å². The van der Waals surface area contributed by atoms with Gasteiger partial charge in [0, 0.05) is 12.1 Å². The fraction of sp³-hybridized carbons (Fsp3) is 1.00. The van der Waals surface area contributed by atoms with Crippen molar-refractivity contribution in [3.05, 3.63) is 0 Å². The Morgan fingerprint density at radius 1 is 0.885 bits per heavy atom. The van der Waals surface area contributed by atoms with Crippen LogP contribution in [-0.4, -0.2) is 38.1 Å². The summed E-state index contributed by atoms with van der Waals surface area (Å²) in [7, 11) is 6.77. The first-order valence-corrected chi connectivity index (χ1v) is 11.6. The van der Waals surface area contributed by atoms with Crippen molar-refractivity contribution in [2.45, 2.75) is 90.6 Å². The first-order valence-electron chi connectivity index (χ1n) is 11.6. The van der Waals surface area contributed by atoms with E-state index >= 15 is 0 Å². The highest BCUT2D eigenvalue weighted by atomic mass is 15.1. The lowest BCUT2D eigenvalue weighted by Crippen LogP contribution is -2.55. The molecule has 0 aromatic heterocycles. The molecule has 2 heteroatoms. The van der Waals surface area contributed by atoms with Crippen molar-refractivity contribution < 1.29 is 0 Å². The number of hydrogen-bond donors (Lipinski definition) is 1. The molecule has 1 N–H and O–H groups in total. The summed E-state index contributed by atoms with van der Waals surface area (Å²) in [6.07, 6.45) is 13.4. The van der Waals surface area contributed by atoms with Crippen molar-refractivity contribution in [1.29, 1.82) is 0 Å². The minimum atomic E-state index is 0.605. The monoisotopic (exact) mass is 360 g/mol. The van der Waals surface area contributed by atoms with E-state index in [9.17, 15) is 0 Å². The lowest BCUT2D eigenvalue weighted by atomic mass is 9.44. The van der Waals surface area contributed by atoms with Crippen LogP contribution in [0, 0.1) is 40.4 Å². The van der Waals surface area contributed by atoms with Crippen molar-refractivity contribution in [3.63, 3.8) is 0 Å². The van der Waals surface area contributed by atoms with Crippen LogP contribution in [0.4, 0.5) is 0 Å². The summed E-state index contributed by atoms with van der Waals surface area (Å²) in [5.41, 5.74) is 1.25. The van der Waals surface area contributed by atoms with Crippen LogP contribution >= 0.6 is 0 Å². The molecule has 4 aliphatic rings. The van der Waals surface area contributed by atoms with Crippen LogP contribution in [0.2, 0.25) is 0 Å². The van der Waals surface area contributed by atoms with Crippen LogP contribution in [0.15, 0.2) is 0 Å². The molecular weight excluding hydrogens is 316 g/mol. The molecule has 0 radical (unpaired) electrons. The summed E-state index contributed by atoms with van der Waals surface area (Å²) in [6, 6.07) is 1.52. The maximum Gasteiger partial charge on any atom is 0.00922 e. The zero-order valence-electron chi connectivity index (χ0n) is 18.4. The van der Waals surface area contributed by atoms with Gasteiger partial charge >= 0.3 is 0 Å². The van der Waals surface area contributed by atoms with Gasteiger partial charge in [0.25, 0.3) is 0 Å². The van der Waals surface area contributed by atoms with Gasteiger partial charge in [-0.3, -0.25) is 0 Å². The van der Waals surface area contributed by atoms with Crippen molar-refractivity contribution in [2.24, 2.45) is 40.4 Å². The summed E-state index contributed by atoms with van der Waals surface area (Å²) >= 11 is 0. The molecule has 0 spiro atoms. The topological polar surface area (TPSA) is 15.3 Å². The molecule has 4 aliphatic carbocycles. The van der Waals surface area contributed by atoms with E-state index in [1.807, 2.05) is 0 Å². The Labute approximate surface area is 162 Å². The van der Waals surface area contributed by atoms with Crippen LogP contribution in [0.25, 0.3) is 0 Å². The molecule has 9 atom stereocenters. The highest BCUT2D eigenvalue weighted by molar-refractivity contribution is 5.10. The molecule has 0 saturated heterocycles. The second kappa shape index (κ2) is 6.76. The Kier molecular flexibility index (Phi) is 5.01. The molecular formula is C24H44N2. The standard InChI is InChI=1S/C24H44N2/c1-16(25-4)20-9-10-21-19-8-7-17-15-18(26(5)6)11-13-23(17,2)22(19)12-14-24(20,21)3/h16-22,25H,7-15H2,1-6H3/t16-,17+,18+,19+,20-,21+,22-,23-,24-/m1/s1. The SMILES string of the molecule is CN[C@H](C)[C@H]1CC[C@H]2[C@@H]3CC[C@H]4C[C@@H](N(C)C)CC[C@@]4(C)[C@@H]3CC[C@]12C. The molecule has 0 bridgehead atoms. The van der Waals surface area contributed by atoms with Gasteiger partial charge in [-0.1, -0.05) is 13.8 Å². The van der Waals surface area contributed by atoms with Gasteiger partial charge in [0.15, 0.2) is 0 Å². The van der Waals surface area contributed by atoms with Gasteiger partial charge in [-0.25, -0.2) is 0 Å². The third-order valence-corrected chi connectivity index (χ3v) is 10.5. The van der Waals surface area contributed by atoms with Gasteiger partial charge in [0.2, 0.25) is 0 Å². The minimum absolute atomic E-state index is 0.605. The smallest absolute Gasteiger partial charge is 0.00922 e. The second-order valence-corrected chi connectivity index (χ2v) is 11.4. The van der Waals surface area contributed by atoms with Crippen LogP contribution in [-0.2, 0) is 0 Å². The van der Waals surface area contributed by atoms with Crippen LogP contribution in [0.5, 0.6) is 0 Å². The fourth-order valence-electron chi connectivity index (χ4n) is 8.77. The Balaban J connectivity index is 1.55. The molecule has 150 valence electrons. The second-order valence-electron chi connectivity index (χ2n) is 11.4. The van der Waals surface area contributed by atoms with Gasteiger partial charge < -0.3 is 10.2 Å². The lowest BCUT2D eigenvalue weighted by Gasteiger charge is -2.61. The van der Waals surface area contributed by atoms with Crippen LogP contribution in [0.1, 0.15) is 78.6 Å². The van der Waals surface area contributed by atoms with Crippen LogP contribution < -0.4 is 5.32 Å². The van der Waals surface area contributed by atoms with Gasteiger partial charge in [0.05, 0.1) is 0 Å². The number of nitrogens with zero attached hydrogens (tertiary/aromatic N) is 1. The summed E-state index contributed by atoms with van der Waals surface area (Å²) in [6.45, 7) is 7.83. The first-order chi connectivity index (χ1) is 12.3. The summed E-state index contributed by atoms with van der Waals surface area (Å²) in [4.78, 5) is 2.50. The van der Waals surface area contributed by atoms with E-state index in [0.717, 1.165) is 35.6 Å². The third kappa shape index (κ3) is 2.72. The molecule has 4 saturated carbocycles. The van der Waals surface area contributed by atoms with Gasteiger partial charge in [-0.15, -0.1) is 0 Å². The van der Waals surface area contributed by atoms with E-state index in [1.165, 1.54) is 57.8 Å². The average Bonchev–Trinajstić information content (AvgIpc) is 2.97. The van der Waals surface area contributed by atoms with Crippen molar-refractivity contribution in [3.8, 4) is 0 Å². The van der Waals surface area contributed by atoms with Gasteiger partial charge in [0.1, 0.15) is 0 Å². The molecule has 0 amide bonds.